The molecule has 1 aromatic carbocycles. The van der Waals surface area contributed by atoms with Gasteiger partial charge in [-0.05, 0) is 18.4 Å². The summed E-state index contributed by atoms with van der Waals surface area (Å²) in [7, 11) is 0. The molecule has 0 saturated carbocycles. The van der Waals surface area contributed by atoms with E-state index in [9.17, 15) is 24.0 Å². The number of benzene rings is 1. The lowest BCUT2D eigenvalue weighted by atomic mass is 9.96. The summed E-state index contributed by atoms with van der Waals surface area (Å²) in [5.41, 5.74) is 0.907. The second-order valence-corrected chi connectivity index (χ2v) is 9.49. The zero-order valence-electron chi connectivity index (χ0n) is 23.9. The van der Waals surface area contributed by atoms with E-state index in [2.05, 4.69) is 10.6 Å². The Labute approximate surface area is 239 Å². The summed E-state index contributed by atoms with van der Waals surface area (Å²) in [6.45, 7) is 5.45. The number of esters is 3. The predicted octanol–water partition coefficient (Wildman–Crippen LogP) is 2.15. The number of amides is 2. The summed E-state index contributed by atoms with van der Waals surface area (Å²) >= 11 is 0. The van der Waals surface area contributed by atoms with Crippen molar-refractivity contribution < 1.29 is 52.4 Å². The van der Waals surface area contributed by atoms with Crippen molar-refractivity contribution in [2.45, 2.75) is 90.6 Å². The molecule has 1 aliphatic rings. The molecule has 0 bridgehead atoms. The molecule has 0 unspecified atom stereocenters. The number of hydrogen-bond donors (Lipinski definition) is 2. The fraction of sp³-hybridized carbons (Fsp3) is 0.607. The fourth-order valence-electron chi connectivity index (χ4n) is 4.18. The van der Waals surface area contributed by atoms with E-state index < -0.39 is 60.6 Å². The van der Waals surface area contributed by atoms with Crippen LogP contribution >= 0.6 is 0 Å². The number of hydrogen-bond acceptors (Lipinski definition) is 11. The second kappa shape index (κ2) is 17.9. The van der Waals surface area contributed by atoms with Crippen LogP contribution < -0.4 is 10.6 Å². The SMILES string of the molecule is CC(=O)N[C@H]1[C@@H](OCCCCCCNC(=O)OCc2ccccc2)O[C@H](COC(C)=O)[C@H](OC(C)=O)[C@@H]1OC(C)=O. The normalized spacial score (nSPS) is 21.7. The zero-order valence-corrected chi connectivity index (χ0v) is 23.9. The van der Waals surface area contributed by atoms with Crippen molar-refractivity contribution in [1.29, 1.82) is 0 Å². The van der Waals surface area contributed by atoms with Gasteiger partial charge in [0.15, 0.2) is 18.5 Å². The molecule has 2 amide bonds. The van der Waals surface area contributed by atoms with Crippen molar-refractivity contribution in [2.75, 3.05) is 19.8 Å². The minimum absolute atomic E-state index is 0.203. The van der Waals surface area contributed by atoms with Gasteiger partial charge in [0, 0.05) is 40.8 Å². The van der Waals surface area contributed by atoms with Crippen LogP contribution in [-0.2, 0) is 54.2 Å². The van der Waals surface area contributed by atoms with Crippen molar-refractivity contribution in [1.82, 2.24) is 10.6 Å². The third kappa shape index (κ3) is 13.0. The second-order valence-electron chi connectivity index (χ2n) is 9.49. The Morgan fingerprint density at radius 2 is 1.46 bits per heavy atom. The smallest absolute Gasteiger partial charge is 0.407 e. The molecule has 1 aliphatic heterocycles. The molecule has 13 nitrogen and oxygen atoms in total. The molecule has 41 heavy (non-hydrogen) atoms. The molecular weight excluding hydrogens is 540 g/mol. The van der Waals surface area contributed by atoms with Gasteiger partial charge in [-0.15, -0.1) is 0 Å². The van der Waals surface area contributed by atoms with Crippen LogP contribution in [0, 0.1) is 0 Å². The highest BCUT2D eigenvalue weighted by atomic mass is 16.7. The number of alkyl carbamates (subject to hydrolysis) is 1. The summed E-state index contributed by atoms with van der Waals surface area (Å²) in [5.74, 6) is -2.38. The van der Waals surface area contributed by atoms with Crippen molar-refractivity contribution in [3.05, 3.63) is 35.9 Å². The van der Waals surface area contributed by atoms with Crippen LogP contribution in [0.1, 0.15) is 58.9 Å². The first kappa shape index (κ1) is 33.5. The van der Waals surface area contributed by atoms with Gasteiger partial charge in [0.05, 0.1) is 0 Å². The van der Waals surface area contributed by atoms with Crippen LogP contribution in [0.4, 0.5) is 4.79 Å². The number of carbonyl (C=O) groups is 5. The van der Waals surface area contributed by atoms with E-state index in [1.54, 1.807) is 0 Å². The van der Waals surface area contributed by atoms with E-state index in [0.717, 1.165) is 24.8 Å². The third-order valence-electron chi connectivity index (χ3n) is 5.91. The van der Waals surface area contributed by atoms with E-state index >= 15 is 0 Å². The van der Waals surface area contributed by atoms with Crippen LogP contribution in [0.5, 0.6) is 0 Å². The molecule has 1 heterocycles. The summed E-state index contributed by atoms with van der Waals surface area (Å²) in [5, 5.41) is 5.38. The average molecular weight is 581 g/mol. The lowest BCUT2D eigenvalue weighted by Crippen LogP contribution is -2.66. The van der Waals surface area contributed by atoms with Crippen molar-refractivity contribution in [2.24, 2.45) is 0 Å². The molecular formula is C28H40N2O11. The van der Waals surface area contributed by atoms with Gasteiger partial charge in [0.1, 0.15) is 25.4 Å². The maximum Gasteiger partial charge on any atom is 0.407 e. The Hall–Kier alpha value is -3.71. The van der Waals surface area contributed by atoms with E-state index in [1.807, 2.05) is 30.3 Å². The van der Waals surface area contributed by atoms with Gasteiger partial charge in [-0.2, -0.15) is 0 Å². The predicted molar refractivity (Wildman–Crippen MR) is 143 cm³/mol. The first-order valence-electron chi connectivity index (χ1n) is 13.5. The van der Waals surface area contributed by atoms with Crippen LogP contribution in [-0.4, -0.2) is 80.3 Å². The molecule has 2 N–H and O–H groups in total. The highest BCUT2D eigenvalue weighted by Gasteiger charge is 2.51. The van der Waals surface area contributed by atoms with Crippen LogP contribution in [0.15, 0.2) is 30.3 Å². The molecule has 1 saturated heterocycles. The molecule has 0 spiro atoms. The van der Waals surface area contributed by atoms with Crippen LogP contribution in [0.2, 0.25) is 0 Å². The quantitative estimate of drug-likeness (QED) is 0.177. The van der Waals surface area contributed by atoms with Gasteiger partial charge in [-0.1, -0.05) is 43.2 Å². The molecule has 228 valence electrons. The highest BCUT2D eigenvalue weighted by Crippen LogP contribution is 2.28. The van der Waals surface area contributed by atoms with Gasteiger partial charge >= 0.3 is 24.0 Å². The van der Waals surface area contributed by atoms with Gasteiger partial charge in [-0.3, -0.25) is 19.2 Å². The lowest BCUT2D eigenvalue weighted by molar-refractivity contribution is -0.277. The topological polar surface area (TPSA) is 165 Å². The average Bonchev–Trinajstić information content (AvgIpc) is 2.90. The molecule has 13 heteroatoms. The first-order chi connectivity index (χ1) is 19.6. The Morgan fingerprint density at radius 1 is 0.805 bits per heavy atom. The number of rotatable bonds is 15. The standard InChI is InChI=1S/C28H40N2O11/c1-18(31)30-24-26(40-21(4)34)25(39-20(3)33)23(17-37-19(2)32)41-27(24)36-15-11-6-5-10-14-29-28(35)38-16-22-12-8-7-9-13-22/h7-9,12-13,23-27H,5-6,10-11,14-17H2,1-4H3,(H,29,35)(H,30,31)/t23-,24-,25+,26-,27+/m1/s1. The van der Waals surface area contributed by atoms with Crippen LogP contribution in [0.25, 0.3) is 0 Å². The van der Waals surface area contributed by atoms with E-state index in [0.29, 0.717) is 13.0 Å². The van der Waals surface area contributed by atoms with Crippen LogP contribution in [0.3, 0.4) is 0 Å². The molecule has 2 rings (SSSR count). The van der Waals surface area contributed by atoms with Gasteiger partial charge < -0.3 is 39.1 Å². The van der Waals surface area contributed by atoms with Crippen molar-refractivity contribution in [3.63, 3.8) is 0 Å². The van der Waals surface area contributed by atoms with E-state index in [1.165, 1.54) is 27.7 Å². The van der Waals surface area contributed by atoms with Gasteiger partial charge in [0.25, 0.3) is 0 Å². The molecule has 0 aliphatic carbocycles. The summed E-state index contributed by atoms with van der Waals surface area (Å²) < 4.78 is 32.9. The Balaban J connectivity index is 1.86. The monoisotopic (exact) mass is 580 g/mol. The fourth-order valence-corrected chi connectivity index (χ4v) is 4.18. The lowest BCUT2D eigenvalue weighted by Gasteiger charge is -2.44. The Morgan fingerprint density at radius 3 is 2.10 bits per heavy atom. The first-order valence-corrected chi connectivity index (χ1v) is 13.5. The number of carbonyl (C=O) groups excluding carboxylic acids is 5. The number of nitrogens with one attached hydrogen (secondary N) is 2. The van der Waals surface area contributed by atoms with Crippen molar-refractivity contribution in [3.8, 4) is 0 Å². The number of ether oxygens (including phenoxy) is 6. The van der Waals surface area contributed by atoms with Gasteiger partial charge in [0.2, 0.25) is 5.91 Å². The summed E-state index contributed by atoms with van der Waals surface area (Å²) in [6.07, 6.45) is -1.96. The summed E-state index contributed by atoms with van der Waals surface area (Å²) in [6, 6.07) is 8.39. The molecule has 0 radical (unpaired) electrons. The maximum absolute atomic E-state index is 12.0. The number of unbranched alkanes of at least 4 members (excludes halogenated alkanes) is 3. The highest BCUT2D eigenvalue weighted by molar-refractivity contribution is 5.73. The minimum atomic E-state index is -1.17. The third-order valence-corrected chi connectivity index (χ3v) is 5.91. The Kier molecular flexibility index (Phi) is 14.6. The molecule has 1 fully saturated rings. The maximum atomic E-state index is 12.0. The van der Waals surface area contributed by atoms with E-state index in [-0.39, 0.29) is 19.8 Å². The summed E-state index contributed by atoms with van der Waals surface area (Å²) in [4.78, 5) is 59.0. The largest absolute Gasteiger partial charge is 0.463 e. The van der Waals surface area contributed by atoms with Gasteiger partial charge in [-0.25, -0.2) is 4.79 Å². The Bertz CT molecular complexity index is 1000. The molecule has 1 aromatic rings. The zero-order chi connectivity index (χ0) is 30.2. The molecule has 5 atom stereocenters. The minimum Gasteiger partial charge on any atom is -0.463 e. The molecule has 0 aromatic heterocycles. The van der Waals surface area contributed by atoms with E-state index in [4.69, 9.17) is 28.4 Å². The van der Waals surface area contributed by atoms with Crippen molar-refractivity contribution >= 4 is 29.9 Å².